The lowest BCUT2D eigenvalue weighted by Crippen LogP contribution is -1.96. The van der Waals surface area contributed by atoms with Crippen molar-refractivity contribution in [3.8, 4) is 22.8 Å². The van der Waals surface area contributed by atoms with Gasteiger partial charge in [-0.05, 0) is 24.3 Å². The van der Waals surface area contributed by atoms with Crippen molar-refractivity contribution < 1.29 is 18.9 Å². The Morgan fingerprint density at radius 3 is 1.89 bits per heavy atom. The van der Waals surface area contributed by atoms with Crippen LogP contribution in [0, 0.1) is 13.8 Å². The molecule has 0 saturated heterocycles. The molecule has 8 nitrogen and oxygen atoms in total. The fourth-order valence-electron chi connectivity index (χ4n) is 2.25. The van der Waals surface area contributed by atoms with E-state index < -0.39 is 5.97 Å². The number of aryl methyl sites for hydroxylation is 2. The van der Waals surface area contributed by atoms with Crippen LogP contribution >= 0.6 is 15.9 Å². The first kappa shape index (κ1) is 19.4. The average molecular weight is 443 g/mol. The monoisotopic (exact) mass is 442 g/mol. The summed E-state index contributed by atoms with van der Waals surface area (Å²) in [5.41, 5.74) is 1.79. The van der Waals surface area contributed by atoms with Gasteiger partial charge in [-0.1, -0.05) is 50.5 Å². The molecule has 0 aliphatic heterocycles. The van der Waals surface area contributed by atoms with Gasteiger partial charge in [0.05, 0.1) is 5.56 Å². The summed E-state index contributed by atoms with van der Waals surface area (Å²) in [6, 6.07) is 14.2. The molecule has 2 aromatic carbocycles. The largest absolute Gasteiger partial charge is 0.478 e. The van der Waals surface area contributed by atoms with Gasteiger partial charge in [0.25, 0.3) is 0 Å². The van der Waals surface area contributed by atoms with E-state index in [9.17, 15) is 4.79 Å². The first-order valence-electron chi connectivity index (χ1n) is 8.12. The Balaban J connectivity index is 0.000000162. The molecule has 9 heteroatoms. The van der Waals surface area contributed by atoms with E-state index >= 15 is 0 Å². The highest BCUT2D eigenvalue weighted by Crippen LogP contribution is 2.20. The van der Waals surface area contributed by atoms with Crippen LogP contribution in [0.5, 0.6) is 0 Å². The molecule has 28 heavy (non-hydrogen) atoms. The second-order valence-electron chi connectivity index (χ2n) is 5.67. The molecule has 0 radical (unpaired) electrons. The third-order valence-electron chi connectivity index (χ3n) is 3.51. The van der Waals surface area contributed by atoms with E-state index in [1.807, 2.05) is 24.3 Å². The lowest BCUT2D eigenvalue weighted by atomic mass is 10.1. The summed E-state index contributed by atoms with van der Waals surface area (Å²) in [6.07, 6.45) is 0. The van der Waals surface area contributed by atoms with Gasteiger partial charge < -0.3 is 14.2 Å². The van der Waals surface area contributed by atoms with Gasteiger partial charge in [-0.3, -0.25) is 0 Å². The van der Waals surface area contributed by atoms with Gasteiger partial charge in [0, 0.05) is 29.4 Å². The molecule has 1 N–H and O–H groups in total. The van der Waals surface area contributed by atoms with Crippen molar-refractivity contribution in [2.24, 2.45) is 0 Å². The van der Waals surface area contributed by atoms with E-state index in [-0.39, 0.29) is 5.56 Å². The maximum absolute atomic E-state index is 10.7. The standard InChI is InChI=1S/C10H8N2O3.C9H7BrN2O/c1-6-11-9(12-15-6)7-3-2-4-8(5-7)10(13)14;1-6-11-9(12-13-6)7-3-2-4-8(10)5-7/h2-5H,1H3,(H,13,14);2-5H,1H3. The fraction of sp³-hybridized carbons (Fsp3) is 0.105. The van der Waals surface area contributed by atoms with E-state index in [1.54, 1.807) is 26.0 Å². The molecule has 142 valence electrons. The molecule has 0 aliphatic carbocycles. The lowest BCUT2D eigenvalue weighted by molar-refractivity contribution is 0.0697. The summed E-state index contributed by atoms with van der Waals surface area (Å²) in [7, 11) is 0. The first-order valence-corrected chi connectivity index (χ1v) is 8.92. The Labute approximate surface area is 168 Å². The van der Waals surface area contributed by atoms with Crippen LogP contribution in [-0.4, -0.2) is 31.4 Å². The molecule has 0 spiro atoms. The Hall–Kier alpha value is -3.33. The third-order valence-corrected chi connectivity index (χ3v) is 4.00. The second-order valence-corrected chi connectivity index (χ2v) is 6.59. The maximum Gasteiger partial charge on any atom is 0.335 e. The predicted molar refractivity (Wildman–Crippen MR) is 104 cm³/mol. The van der Waals surface area contributed by atoms with Crippen LogP contribution in [0.1, 0.15) is 22.1 Å². The molecule has 2 heterocycles. The highest BCUT2D eigenvalue weighted by Gasteiger charge is 2.09. The number of carboxylic acid groups (broad SMARTS) is 1. The number of carbonyl (C=O) groups is 1. The van der Waals surface area contributed by atoms with Gasteiger partial charge in [-0.25, -0.2) is 4.79 Å². The molecule has 0 atom stereocenters. The van der Waals surface area contributed by atoms with Gasteiger partial charge in [-0.2, -0.15) is 9.97 Å². The summed E-state index contributed by atoms with van der Waals surface area (Å²) in [5.74, 6) is 1.08. The van der Waals surface area contributed by atoms with Gasteiger partial charge in [0.2, 0.25) is 23.4 Å². The molecule has 0 amide bonds. The van der Waals surface area contributed by atoms with Crippen molar-refractivity contribution in [1.82, 2.24) is 20.3 Å². The minimum atomic E-state index is -0.975. The van der Waals surface area contributed by atoms with Gasteiger partial charge in [-0.15, -0.1) is 0 Å². The van der Waals surface area contributed by atoms with Crippen molar-refractivity contribution in [3.63, 3.8) is 0 Å². The number of hydrogen-bond donors (Lipinski definition) is 1. The lowest BCUT2D eigenvalue weighted by Gasteiger charge is -1.96. The van der Waals surface area contributed by atoms with E-state index in [4.69, 9.17) is 14.2 Å². The Morgan fingerprint density at radius 2 is 1.43 bits per heavy atom. The van der Waals surface area contributed by atoms with E-state index in [0.717, 1.165) is 10.0 Å². The Kier molecular flexibility index (Phi) is 5.95. The second kappa shape index (κ2) is 8.57. The maximum atomic E-state index is 10.7. The van der Waals surface area contributed by atoms with Crippen LogP contribution in [0.3, 0.4) is 0 Å². The van der Waals surface area contributed by atoms with E-state index in [0.29, 0.717) is 29.0 Å². The molecule has 0 saturated carbocycles. The average Bonchev–Trinajstić information content (AvgIpc) is 3.31. The molecule has 0 bridgehead atoms. The zero-order valence-electron chi connectivity index (χ0n) is 15.0. The van der Waals surface area contributed by atoms with Crippen LogP contribution in [0.15, 0.2) is 62.0 Å². The molecule has 0 fully saturated rings. The summed E-state index contributed by atoms with van der Waals surface area (Å²) in [4.78, 5) is 18.9. The molecular formula is C19H15BrN4O4. The zero-order valence-corrected chi connectivity index (χ0v) is 16.5. The third kappa shape index (κ3) is 4.89. The highest BCUT2D eigenvalue weighted by atomic mass is 79.9. The number of benzene rings is 2. The number of nitrogens with zero attached hydrogens (tertiary/aromatic N) is 4. The SMILES string of the molecule is Cc1nc(-c2cccc(Br)c2)no1.Cc1nc(-c2cccc(C(=O)O)c2)no1. The Bertz CT molecular complexity index is 1110. The molecule has 4 aromatic rings. The van der Waals surface area contributed by atoms with Crippen molar-refractivity contribution >= 4 is 21.9 Å². The molecule has 0 aliphatic rings. The van der Waals surface area contributed by atoms with E-state index in [1.165, 1.54) is 12.1 Å². The highest BCUT2D eigenvalue weighted by molar-refractivity contribution is 9.10. The number of aromatic carboxylic acids is 1. The number of rotatable bonds is 3. The number of hydrogen-bond acceptors (Lipinski definition) is 7. The summed E-state index contributed by atoms with van der Waals surface area (Å²) in [5, 5.41) is 16.3. The molecule has 4 rings (SSSR count). The summed E-state index contributed by atoms with van der Waals surface area (Å²) >= 11 is 3.38. The van der Waals surface area contributed by atoms with Gasteiger partial charge in [0.1, 0.15) is 0 Å². The van der Waals surface area contributed by atoms with Crippen LogP contribution < -0.4 is 0 Å². The topological polar surface area (TPSA) is 115 Å². The normalized spacial score (nSPS) is 10.2. The number of carboxylic acids is 1. The van der Waals surface area contributed by atoms with Crippen molar-refractivity contribution in [2.75, 3.05) is 0 Å². The van der Waals surface area contributed by atoms with Crippen LogP contribution in [0.25, 0.3) is 22.8 Å². The molecule has 0 unspecified atom stereocenters. The zero-order chi connectivity index (χ0) is 20.1. The molecule has 2 aromatic heterocycles. The smallest absolute Gasteiger partial charge is 0.335 e. The van der Waals surface area contributed by atoms with Crippen LogP contribution in [-0.2, 0) is 0 Å². The predicted octanol–water partition coefficient (Wildman–Crippen LogP) is 4.55. The number of halogens is 1. The van der Waals surface area contributed by atoms with Crippen LogP contribution in [0.2, 0.25) is 0 Å². The van der Waals surface area contributed by atoms with E-state index in [2.05, 4.69) is 36.2 Å². The first-order chi connectivity index (χ1) is 13.4. The van der Waals surface area contributed by atoms with Crippen molar-refractivity contribution in [2.45, 2.75) is 13.8 Å². The fourth-order valence-corrected chi connectivity index (χ4v) is 2.65. The van der Waals surface area contributed by atoms with Crippen LogP contribution in [0.4, 0.5) is 0 Å². The number of aromatic nitrogens is 4. The van der Waals surface area contributed by atoms with Crippen molar-refractivity contribution in [1.29, 1.82) is 0 Å². The summed E-state index contributed by atoms with van der Waals surface area (Å²) < 4.78 is 10.7. The molecular weight excluding hydrogens is 428 g/mol. The minimum absolute atomic E-state index is 0.204. The van der Waals surface area contributed by atoms with Crippen molar-refractivity contribution in [3.05, 3.63) is 70.3 Å². The minimum Gasteiger partial charge on any atom is -0.478 e. The summed E-state index contributed by atoms with van der Waals surface area (Å²) in [6.45, 7) is 3.45. The Morgan fingerprint density at radius 1 is 0.893 bits per heavy atom. The van der Waals surface area contributed by atoms with Gasteiger partial charge >= 0.3 is 5.97 Å². The van der Waals surface area contributed by atoms with Gasteiger partial charge in [0.15, 0.2) is 0 Å². The quantitative estimate of drug-likeness (QED) is 0.490.